The monoisotopic (exact) mass is 1170 g/mol. The molecule has 0 radical (unpaired) electrons. The van der Waals surface area contributed by atoms with Crippen molar-refractivity contribution in [3.63, 3.8) is 0 Å². The minimum atomic E-state index is 0.0451. The molecule has 0 atom stereocenters. The molecule has 3 aliphatic heterocycles. The molecular formula is C80H136N4O. The van der Waals surface area contributed by atoms with Gasteiger partial charge in [-0.1, -0.05) is 305 Å². The Kier molecular flexibility index (Phi) is 36.8. The molecule has 4 aliphatic rings. The first-order valence-corrected chi connectivity index (χ1v) is 32.4. The van der Waals surface area contributed by atoms with Gasteiger partial charge in [0.2, 0.25) is 0 Å². The topological polar surface area (TPSA) is 63.1 Å². The molecule has 5 nitrogen and oxygen atoms in total. The summed E-state index contributed by atoms with van der Waals surface area (Å²) >= 11 is 0. The standard InChI is InChI=1S/2C11H16.C10H17N.2C9H15N.C9H14.C8H18.C7H11NO.C6H14/c2*1-11(2,3)9-10-7-5-4-6-8-10;1-7-6-11-8(2)9(7)10(3,4)5;1-9(2,3)6-8-4-5-10-7-8;1-9(2,3)7-8-5-4-6-10-8;1-9(2,3)8-6-4-5-7-8;1-7(2)6-8(3,4)5;1-7(2,3)6-8-4-5-9-6;1-5-6(2,3)4/h2*4-8H,9H2,1-3H3;6H2,1-5H3;4-5H,6-7H2,1-3H3;4,6H,5,7H2,1-3H3;4-6H,7H2,1-3H3;7H,6H2,1-5H3;4-5H,1-3H3;5H2,1-4H3. The van der Waals surface area contributed by atoms with Gasteiger partial charge in [-0.15, -0.1) is 0 Å². The number of hydrogen-bond acceptors (Lipinski definition) is 5. The number of aliphatic imine (C=N–C) groups is 3. The molecule has 85 heavy (non-hydrogen) atoms. The molecule has 4 heterocycles. The lowest BCUT2D eigenvalue weighted by molar-refractivity contribution is 0.320. The molecule has 7 rings (SSSR count). The second-order valence-corrected chi connectivity index (χ2v) is 34.6. The Morgan fingerprint density at radius 3 is 1.20 bits per heavy atom. The van der Waals surface area contributed by atoms with Gasteiger partial charge in [-0.3, -0.25) is 15.0 Å². The van der Waals surface area contributed by atoms with E-state index in [1.807, 2.05) is 12.4 Å². The van der Waals surface area contributed by atoms with Gasteiger partial charge in [-0.25, -0.2) is 4.98 Å². The van der Waals surface area contributed by atoms with E-state index in [0.29, 0.717) is 37.9 Å². The average Bonchev–Trinajstić information content (AvgIpc) is 4.39. The molecule has 0 spiro atoms. The van der Waals surface area contributed by atoms with Gasteiger partial charge in [-0.05, 0) is 136 Å². The van der Waals surface area contributed by atoms with Crippen LogP contribution in [0, 0.1) is 49.2 Å². The molecule has 5 heteroatoms. The van der Waals surface area contributed by atoms with Crippen LogP contribution in [0.15, 0.2) is 151 Å². The van der Waals surface area contributed by atoms with Crippen LogP contribution in [0.5, 0.6) is 0 Å². The number of hydrogen-bond donors (Lipinski definition) is 0. The van der Waals surface area contributed by atoms with Crippen molar-refractivity contribution in [1.82, 2.24) is 4.98 Å². The number of benzene rings is 2. The molecule has 2 aromatic carbocycles. The van der Waals surface area contributed by atoms with E-state index < -0.39 is 0 Å². The van der Waals surface area contributed by atoms with E-state index in [2.05, 4.69) is 333 Å². The van der Waals surface area contributed by atoms with Gasteiger partial charge in [0.1, 0.15) is 6.26 Å². The molecule has 0 N–H and O–H groups in total. The largest absolute Gasteiger partial charge is 0.448 e. The van der Waals surface area contributed by atoms with E-state index in [1.165, 1.54) is 58.5 Å². The Hall–Kier alpha value is -4.64. The molecule has 3 aromatic rings. The Balaban J connectivity index is 0. The molecule has 0 amide bonds. The van der Waals surface area contributed by atoms with E-state index >= 15 is 0 Å². The first kappa shape index (κ1) is 82.4. The fraction of sp³-hybridized carbons (Fsp3) is 0.650. The summed E-state index contributed by atoms with van der Waals surface area (Å²) in [5.74, 6) is 1.64. The van der Waals surface area contributed by atoms with Gasteiger partial charge >= 0.3 is 0 Å². The molecule has 0 saturated heterocycles. The second-order valence-electron chi connectivity index (χ2n) is 34.6. The van der Waals surface area contributed by atoms with Crippen molar-refractivity contribution >= 4 is 17.6 Å². The van der Waals surface area contributed by atoms with Crippen molar-refractivity contribution in [3.8, 4) is 0 Å². The third kappa shape index (κ3) is 49.1. The van der Waals surface area contributed by atoms with Gasteiger partial charge in [0.15, 0.2) is 5.89 Å². The maximum Gasteiger partial charge on any atom is 0.199 e. The van der Waals surface area contributed by atoms with E-state index in [1.54, 1.807) is 18.0 Å². The summed E-state index contributed by atoms with van der Waals surface area (Å²) < 4.78 is 5.09. The quantitative estimate of drug-likeness (QED) is 0.256. The zero-order valence-electron chi connectivity index (χ0n) is 61.8. The van der Waals surface area contributed by atoms with Crippen LogP contribution in [-0.2, 0) is 18.3 Å². The van der Waals surface area contributed by atoms with E-state index in [-0.39, 0.29) is 10.8 Å². The first-order valence-electron chi connectivity index (χ1n) is 32.4. The van der Waals surface area contributed by atoms with Crippen LogP contribution in [0.4, 0.5) is 0 Å². The highest BCUT2D eigenvalue weighted by molar-refractivity contribution is 6.01. The predicted octanol–water partition coefficient (Wildman–Crippen LogP) is 25.0. The summed E-state index contributed by atoms with van der Waals surface area (Å²) in [6.07, 6.45) is 27.3. The Morgan fingerprint density at radius 1 is 0.506 bits per heavy atom. The third-order valence-corrected chi connectivity index (χ3v) is 13.1. The van der Waals surface area contributed by atoms with Gasteiger partial charge in [0, 0.05) is 35.7 Å². The van der Waals surface area contributed by atoms with Crippen molar-refractivity contribution in [3.05, 3.63) is 149 Å². The predicted molar refractivity (Wildman–Crippen MR) is 385 cm³/mol. The van der Waals surface area contributed by atoms with Gasteiger partial charge in [0.25, 0.3) is 0 Å². The lowest BCUT2D eigenvalue weighted by atomic mass is 9.82. The lowest BCUT2D eigenvalue weighted by Crippen LogP contribution is -2.15. The number of oxazole rings is 1. The highest BCUT2D eigenvalue weighted by atomic mass is 16.3. The Bertz CT molecular complexity index is 2400. The second kappa shape index (κ2) is 37.9. The fourth-order valence-electron chi connectivity index (χ4n) is 9.43. The van der Waals surface area contributed by atoms with Crippen LogP contribution >= 0.6 is 0 Å². The van der Waals surface area contributed by atoms with Crippen LogP contribution < -0.4 is 0 Å². The zero-order chi connectivity index (χ0) is 66.3. The molecule has 482 valence electrons. The van der Waals surface area contributed by atoms with E-state index in [4.69, 9.17) is 4.42 Å². The summed E-state index contributed by atoms with van der Waals surface area (Å²) in [4.78, 5) is 16.8. The summed E-state index contributed by atoms with van der Waals surface area (Å²) in [5.41, 5.74) is 14.7. The summed E-state index contributed by atoms with van der Waals surface area (Å²) in [5, 5.41) is 0. The van der Waals surface area contributed by atoms with E-state index in [0.717, 1.165) is 57.0 Å². The summed E-state index contributed by atoms with van der Waals surface area (Å²) in [6, 6.07) is 21.3. The molecule has 1 aliphatic carbocycles. The highest BCUT2D eigenvalue weighted by Gasteiger charge is 2.25. The fourth-order valence-corrected chi connectivity index (χ4v) is 9.43. The summed E-state index contributed by atoms with van der Waals surface area (Å²) in [7, 11) is 0. The molecule has 0 saturated carbocycles. The zero-order valence-corrected chi connectivity index (χ0v) is 61.8. The minimum absolute atomic E-state index is 0.0451. The van der Waals surface area contributed by atoms with Crippen LogP contribution in [0.3, 0.4) is 0 Å². The van der Waals surface area contributed by atoms with Crippen molar-refractivity contribution in [1.29, 1.82) is 0 Å². The number of allylic oxidation sites excluding steroid dienone is 7. The van der Waals surface area contributed by atoms with Gasteiger partial charge in [0.05, 0.1) is 19.3 Å². The van der Waals surface area contributed by atoms with Crippen LogP contribution in [0.1, 0.15) is 277 Å². The SMILES string of the molecule is CC(C)(C)C1=CC=CC1.CC(C)(C)CC1=CC=NC1.CC(C)(C)CC1=NC=CC1.CC(C)(C)Cc1ccccc1.CC(C)(C)Cc1ccccc1.CC(C)(C)c1ncco1.CC(C)CC(C)(C)C.CC1=NCC(C)=C1C(C)(C)C.CCC(C)(C)C. The molecular weight excluding hydrogens is 1030 g/mol. The summed E-state index contributed by atoms with van der Waals surface area (Å²) in [6.45, 7) is 73.3. The maximum absolute atomic E-state index is 5.09. The number of nitrogens with zero attached hydrogens (tertiary/aromatic N) is 4. The minimum Gasteiger partial charge on any atom is -0.448 e. The van der Waals surface area contributed by atoms with Crippen LogP contribution in [0.25, 0.3) is 0 Å². The maximum atomic E-state index is 5.09. The molecule has 0 bridgehead atoms. The lowest BCUT2D eigenvalue weighted by Gasteiger charge is -2.21. The normalized spacial score (nSPS) is 14.9. The van der Waals surface area contributed by atoms with Gasteiger partial charge in [-0.2, -0.15) is 0 Å². The van der Waals surface area contributed by atoms with Gasteiger partial charge < -0.3 is 4.42 Å². The number of rotatable bonds is 5. The molecule has 1 aromatic heterocycles. The molecule has 0 unspecified atom stereocenters. The Morgan fingerprint density at radius 2 is 0.976 bits per heavy atom. The molecule has 0 fully saturated rings. The van der Waals surface area contributed by atoms with Crippen LogP contribution in [-0.4, -0.2) is 35.7 Å². The first-order chi connectivity index (χ1) is 38.4. The van der Waals surface area contributed by atoms with Crippen molar-refractivity contribution in [2.24, 2.45) is 64.2 Å². The van der Waals surface area contributed by atoms with Crippen molar-refractivity contribution < 1.29 is 4.42 Å². The van der Waals surface area contributed by atoms with Crippen molar-refractivity contribution in [2.45, 2.75) is 278 Å². The average molecular weight is 1170 g/mol. The third-order valence-electron chi connectivity index (χ3n) is 13.1. The van der Waals surface area contributed by atoms with E-state index in [9.17, 15) is 0 Å². The Labute approximate surface area is 529 Å². The highest BCUT2D eigenvalue weighted by Crippen LogP contribution is 2.33. The number of aromatic nitrogens is 1. The van der Waals surface area contributed by atoms with Crippen molar-refractivity contribution in [2.75, 3.05) is 13.1 Å². The van der Waals surface area contributed by atoms with Crippen LogP contribution in [0.2, 0.25) is 0 Å². The smallest absolute Gasteiger partial charge is 0.199 e.